The molecule has 1 heterocycles. The van der Waals surface area contributed by atoms with Crippen molar-refractivity contribution < 1.29 is 9.29 Å². The van der Waals surface area contributed by atoms with Gasteiger partial charge in [-0.15, -0.1) is 4.72 Å². The van der Waals surface area contributed by atoms with Crippen LogP contribution < -0.4 is 15.0 Å². The molecule has 1 aromatic heterocycles. The predicted octanol–water partition coefficient (Wildman–Crippen LogP) is 2.74. The average Bonchev–Trinajstić information content (AvgIpc) is 2.43. The van der Waals surface area contributed by atoms with Crippen LogP contribution in [0.5, 0.6) is 5.75 Å². The lowest BCUT2D eigenvalue weighted by molar-refractivity contribution is 0.415. The van der Waals surface area contributed by atoms with Crippen molar-refractivity contribution >= 4 is 33.9 Å². The Morgan fingerprint density at radius 3 is 2.64 bits per heavy atom. The fourth-order valence-corrected chi connectivity index (χ4v) is 2.87. The normalized spacial score (nSPS) is 13.4. The summed E-state index contributed by atoms with van der Waals surface area (Å²) in [6.07, 6.45) is 0. The summed E-state index contributed by atoms with van der Waals surface area (Å²) in [5.74, 6) is 0.504. The Labute approximate surface area is 137 Å². The summed E-state index contributed by atoms with van der Waals surface area (Å²) in [4.78, 5) is 14.9. The number of hydrogen-bond acceptors (Lipinski definition) is 4. The van der Waals surface area contributed by atoms with E-state index in [-0.39, 0.29) is 16.9 Å². The number of aromatic amines is 1. The van der Waals surface area contributed by atoms with E-state index in [9.17, 15) is 9.35 Å². The number of nitrogens with one attached hydrogen (secondary N) is 2. The minimum absolute atomic E-state index is 0.221. The van der Waals surface area contributed by atoms with Gasteiger partial charge in [-0.2, -0.15) is 0 Å². The molecule has 5 nitrogen and oxygen atoms in total. The number of rotatable bonds is 4. The molecule has 22 heavy (non-hydrogen) atoms. The number of methoxy groups -OCH3 is 1. The first kappa shape index (κ1) is 17.1. The molecule has 0 saturated carbocycles. The maximum atomic E-state index is 12.1. The first-order valence-electron chi connectivity index (χ1n) is 6.77. The Morgan fingerprint density at radius 2 is 2.05 bits per heavy atom. The van der Waals surface area contributed by atoms with Crippen molar-refractivity contribution in [3.63, 3.8) is 0 Å². The van der Waals surface area contributed by atoms with Crippen LogP contribution >= 0.6 is 11.6 Å². The molecule has 0 spiro atoms. The largest absolute Gasteiger partial charge is 0.598 e. The van der Waals surface area contributed by atoms with Crippen molar-refractivity contribution in [1.82, 2.24) is 9.71 Å². The molecule has 0 unspecified atom stereocenters. The highest BCUT2D eigenvalue weighted by Crippen LogP contribution is 2.28. The zero-order valence-electron chi connectivity index (χ0n) is 13.0. The van der Waals surface area contributed by atoms with Crippen molar-refractivity contribution in [2.75, 3.05) is 7.11 Å². The predicted molar refractivity (Wildman–Crippen MR) is 90.9 cm³/mol. The highest BCUT2D eigenvalue weighted by Gasteiger charge is 2.26. The lowest BCUT2D eigenvalue weighted by atomic mass is 10.1. The number of ether oxygens (including phenoxy) is 1. The monoisotopic (exact) mass is 342 g/mol. The lowest BCUT2D eigenvalue weighted by Crippen LogP contribution is -2.39. The second-order valence-electron chi connectivity index (χ2n) is 5.90. The number of hydrogen-bond donors (Lipinski definition) is 2. The highest BCUT2D eigenvalue weighted by atomic mass is 35.5. The standard InChI is InChI=1S/C15H19ClN2O3S/c1-15(2,3)22(20)17-8-10-5-9-6-11(16)13(21-4)7-12(9)18-14(10)19/h5-7,17H,8H2,1-4H3,(H,18,19)/t22-/m1/s1. The average molecular weight is 343 g/mol. The summed E-state index contributed by atoms with van der Waals surface area (Å²) in [5, 5.41) is 1.27. The minimum Gasteiger partial charge on any atom is -0.598 e. The van der Waals surface area contributed by atoms with Gasteiger partial charge >= 0.3 is 0 Å². The van der Waals surface area contributed by atoms with Gasteiger partial charge in [0.15, 0.2) is 0 Å². The zero-order chi connectivity index (χ0) is 16.5. The summed E-state index contributed by atoms with van der Waals surface area (Å²) in [6, 6.07) is 5.16. The number of halogens is 1. The molecule has 0 aliphatic rings. The molecule has 0 bridgehead atoms. The van der Waals surface area contributed by atoms with E-state index < -0.39 is 11.4 Å². The Bertz CT molecular complexity index is 740. The van der Waals surface area contributed by atoms with Crippen molar-refractivity contribution in [2.45, 2.75) is 32.1 Å². The summed E-state index contributed by atoms with van der Waals surface area (Å²) >= 11 is 4.86. The molecule has 0 fully saturated rings. The Balaban J connectivity index is 2.32. The summed E-state index contributed by atoms with van der Waals surface area (Å²) in [5.41, 5.74) is 0.925. The molecule has 7 heteroatoms. The molecule has 0 aliphatic carbocycles. The fourth-order valence-electron chi connectivity index (χ4n) is 1.90. The molecule has 2 rings (SSSR count). The van der Waals surface area contributed by atoms with Crippen LogP contribution in [0.4, 0.5) is 0 Å². The van der Waals surface area contributed by atoms with E-state index in [1.165, 1.54) is 7.11 Å². The van der Waals surface area contributed by atoms with Crippen molar-refractivity contribution in [3.05, 3.63) is 39.1 Å². The number of H-pyrrole nitrogens is 1. The second-order valence-corrected chi connectivity index (χ2v) is 8.36. The van der Waals surface area contributed by atoms with Gasteiger partial charge in [-0.25, -0.2) is 0 Å². The number of aromatic nitrogens is 1. The van der Waals surface area contributed by atoms with Crippen LogP contribution in [0.2, 0.25) is 5.02 Å². The molecule has 0 aliphatic heterocycles. The lowest BCUT2D eigenvalue weighted by Gasteiger charge is -2.23. The van der Waals surface area contributed by atoms with E-state index in [0.717, 1.165) is 5.39 Å². The van der Waals surface area contributed by atoms with Gasteiger partial charge in [0.05, 0.1) is 24.2 Å². The van der Waals surface area contributed by atoms with E-state index in [2.05, 4.69) is 9.71 Å². The summed E-state index contributed by atoms with van der Waals surface area (Å²) in [7, 11) is 1.52. The van der Waals surface area contributed by atoms with Gasteiger partial charge in [0.25, 0.3) is 5.56 Å². The Hall–Kier alpha value is -1.21. The Morgan fingerprint density at radius 1 is 1.36 bits per heavy atom. The second kappa shape index (κ2) is 6.50. The zero-order valence-corrected chi connectivity index (χ0v) is 14.5. The van der Waals surface area contributed by atoms with Crippen LogP contribution in [0.25, 0.3) is 10.9 Å². The van der Waals surface area contributed by atoms with Gasteiger partial charge < -0.3 is 14.3 Å². The first-order chi connectivity index (χ1) is 10.2. The van der Waals surface area contributed by atoms with Crippen LogP contribution in [0.15, 0.2) is 23.0 Å². The van der Waals surface area contributed by atoms with Crippen LogP contribution in [0.1, 0.15) is 26.3 Å². The van der Waals surface area contributed by atoms with Gasteiger partial charge in [-0.3, -0.25) is 4.79 Å². The van der Waals surface area contributed by atoms with Gasteiger partial charge in [0.2, 0.25) is 0 Å². The minimum atomic E-state index is -1.24. The molecule has 120 valence electrons. The van der Waals surface area contributed by atoms with Gasteiger partial charge in [-0.1, -0.05) is 11.6 Å². The Kier molecular flexibility index (Phi) is 5.07. The van der Waals surface area contributed by atoms with E-state index in [1.54, 1.807) is 18.2 Å². The molecule has 2 aromatic rings. The third-order valence-electron chi connectivity index (χ3n) is 3.14. The molecule has 2 N–H and O–H groups in total. The van der Waals surface area contributed by atoms with Crippen LogP contribution in [0.3, 0.4) is 0 Å². The molecular weight excluding hydrogens is 324 g/mol. The van der Waals surface area contributed by atoms with E-state index in [4.69, 9.17) is 16.3 Å². The quantitative estimate of drug-likeness (QED) is 0.837. The van der Waals surface area contributed by atoms with Crippen LogP contribution in [-0.4, -0.2) is 21.4 Å². The topological polar surface area (TPSA) is 77.2 Å². The molecule has 1 atom stereocenters. The van der Waals surface area contributed by atoms with Gasteiger partial charge in [-0.05, 0) is 32.9 Å². The SMILES string of the molecule is COc1cc2[nH]c(=O)c(CN[S@+]([O-])C(C)(C)C)cc2cc1Cl. The third-order valence-corrected chi connectivity index (χ3v) is 4.96. The van der Waals surface area contributed by atoms with Gasteiger partial charge in [0.1, 0.15) is 10.5 Å². The van der Waals surface area contributed by atoms with Crippen molar-refractivity contribution in [1.29, 1.82) is 0 Å². The molecule has 0 amide bonds. The first-order valence-corrected chi connectivity index (χ1v) is 8.30. The third kappa shape index (κ3) is 3.76. The number of pyridine rings is 1. The van der Waals surface area contributed by atoms with E-state index in [0.29, 0.717) is 21.9 Å². The molecule has 1 aromatic carbocycles. The fraction of sp³-hybridized carbons (Fsp3) is 0.400. The van der Waals surface area contributed by atoms with Crippen molar-refractivity contribution in [3.8, 4) is 5.75 Å². The highest BCUT2D eigenvalue weighted by molar-refractivity contribution is 7.90. The van der Waals surface area contributed by atoms with Crippen LogP contribution in [-0.2, 0) is 17.9 Å². The smallest absolute Gasteiger partial charge is 0.253 e. The maximum Gasteiger partial charge on any atom is 0.253 e. The van der Waals surface area contributed by atoms with E-state index >= 15 is 0 Å². The van der Waals surface area contributed by atoms with Crippen molar-refractivity contribution in [2.24, 2.45) is 0 Å². The van der Waals surface area contributed by atoms with Gasteiger partial charge in [0, 0.05) is 28.4 Å². The van der Waals surface area contributed by atoms with E-state index in [1.807, 2.05) is 20.8 Å². The number of fused-ring (bicyclic) bond motifs is 1. The number of benzene rings is 1. The molecular formula is C15H19ClN2O3S. The summed E-state index contributed by atoms with van der Waals surface area (Å²) in [6.45, 7) is 5.82. The molecule has 0 radical (unpaired) electrons. The maximum absolute atomic E-state index is 12.1. The summed E-state index contributed by atoms with van der Waals surface area (Å²) < 4.78 is 19.6. The molecule has 0 saturated heterocycles. The van der Waals surface area contributed by atoms with Crippen LogP contribution in [0, 0.1) is 0 Å².